The van der Waals surface area contributed by atoms with Crippen LogP contribution in [-0.4, -0.2) is 41.3 Å². The first kappa shape index (κ1) is 18.8. The normalized spacial score (nSPS) is 17.8. The van der Waals surface area contributed by atoms with Crippen molar-refractivity contribution >= 4 is 17.5 Å². The van der Waals surface area contributed by atoms with Gasteiger partial charge in [0.05, 0.1) is 12.0 Å². The van der Waals surface area contributed by atoms with Crippen LogP contribution in [0.25, 0.3) is 0 Å². The van der Waals surface area contributed by atoms with Gasteiger partial charge in [0.2, 0.25) is 0 Å². The highest BCUT2D eigenvalue weighted by atomic mass is 16.6. The summed E-state index contributed by atoms with van der Waals surface area (Å²) in [5, 5.41) is 14.5. The summed E-state index contributed by atoms with van der Waals surface area (Å²) in [6, 6.07) is 4.62. The second kappa shape index (κ2) is 7.58. The van der Waals surface area contributed by atoms with Crippen molar-refractivity contribution in [2.24, 2.45) is 0 Å². The van der Waals surface area contributed by atoms with Crippen molar-refractivity contribution in [2.75, 3.05) is 19.0 Å². The zero-order chi connectivity index (χ0) is 18.6. The van der Waals surface area contributed by atoms with E-state index in [0.29, 0.717) is 18.7 Å². The molecule has 1 amide bonds. The summed E-state index contributed by atoms with van der Waals surface area (Å²) in [5.74, 6) is 0.365. The van der Waals surface area contributed by atoms with Gasteiger partial charge < -0.3 is 14.8 Å². The van der Waals surface area contributed by atoms with Gasteiger partial charge in [-0.25, -0.2) is 4.79 Å². The van der Waals surface area contributed by atoms with Crippen molar-refractivity contribution in [3.8, 4) is 5.75 Å². The maximum absolute atomic E-state index is 12.5. The lowest BCUT2D eigenvalue weighted by atomic mass is 10.1. The maximum Gasteiger partial charge on any atom is 0.411 e. The molecule has 0 saturated carbocycles. The summed E-state index contributed by atoms with van der Waals surface area (Å²) >= 11 is 0. The Labute approximate surface area is 147 Å². The first-order valence-corrected chi connectivity index (χ1v) is 8.30. The van der Waals surface area contributed by atoms with Gasteiger partial charge >= 0.3 is 6.09 Å². The van der Waals surface area contributed by atoms with Crippen molar-refractivity contribution < 1.29 is 19.2 Å². The number of rotatable bonds is 4. The minimum Gasteiger partial charge on any atom is -0.494 e. The Balaban J connectivity index is 2.27. The third-order valence-corrected chi connectivity index (χ3v) is 3.86. The first-order chi connectivity index (χ1) is 11.7. The van der Waals surface area contributed by atoms with Gasteiger partial charge in [-0.1, -0.05) is 6.07 Å². The molecule has 0 aliphatic carbocycles. The van der Waals surface area contributed by atoms with Crippen LogP contribution in [0.5, 0.6) is 5.75 Å². The lowest BCUT2D eigenvalue weighted by Gasteiger charge is -2.37. The Kier molecular flexibility index (Phi) is 5.71. The topological polar surface area (TPSA) is 93.9 Å². The molecular weight excluding hydrogens is 326 g/mol. The number of methoxy groups -OCH3 is 1. The van der Waals surface area contributed by atoms with Crippen LogP contribution in [0.4, 0.5) is 16.2 Å². The number of para-hydroxylation sites is 1. The van der Waals surface area contributed by atoms with Gasteiger partial charge in [0.1, 0.15) is 17.5 Å². The molecule has 1 aliphatic heterocycles. The van der Waals surface area contributed by atoms with E-state index >= 15 is 0 Å². The molecule has 1 aromatic carbocycles. The Bertz CT molecular complexity index is 642. The number of piperidine rings is 1. The fraction of sp³-hybridized carbons (Fsp3) is 0.588. The van der Waals surface area contributed by atoms with Crippen LogP contribution in [0.1, 0.15) is 40.0 Å². The van der Waals surface area contributed by atoms with E-state index in [2.05, 4.69) is 5.32 Å². The minimum absolute atomic E-state index is 0.0888. The average Bonchev–Trinajstić information content (AvgIpc) is 2.53. The number of carbonyl (C=O) groups excluding carboxylic acids is 1. The highest BCUT2D eigenvalue weighted by Gasteiger charge is 2.32. The third kappa shape index (κ3) is 4.74. The molecule has 25 heavy (non-hydrogen) atoms. The van der Waals surface area contributed by atoms with E-state index in [1.54, 1.807) is 17.0 Å². The smallest absolute Gasteiger partial charge is 0.411 e. The molecule has 0 radical (unpaired) electrons. The highest BCUT2D eigenvalue weighted by molar-refractivity contribution is 5.73. The summed E-state index contributed by atoms with van der Waals surface area (Å²) in [6.07, 6.45) is 1.64. The molecule has 0 aromatic heterocycles. The molecule has 0 spiro atoms. The molecule has 1 atom stereocenters. The van der Waals surface area contributed by atoms with E-state index in [-0.39, 0.29) is 11.4 Å². The Morgan fingerprint density at radius 2 is 2.08 bits per heavy atom. The van der Waals surface area contributed by atoms with Gasteiger partial charge in [-0.15, -0.1) is 0 Å². The van der Waals surface area contributed by atoms with Gasteiger partial charge in [0.15, 0.2) is 5.69 Å². The molecule has 8 heteroatoms. The fourth-order valence-corrected chi connectivity index (χ4v) is 2.77. The van der Waals surface area contributed by atoms with Crippen molar-refractivity contribution in [2.45, 2.75) is 51.8 Å². The number of ether oxygens (including phenoxy) is 2. The van der Waals surface area contributed by atoms with Gasteiger partial charge in [0.25, 0.3) is 5.69 Å². The summed E-state index contributed by atoms with van der Waals surface area (Å²) in [7, 11) is 1.46. The van der Waals surface area contributed by atoms with E-state index in [4.69, 9.17) is 9.47 Å². The van der Waals surface area contributed by atoms with Crippen molar-refractivity contribution in [1.82, 2.24) is 4.90 Å². The summed E-state index contributed by atoms with van der Waals surface area (Å²) in [5.41, 5.74) is -0.417. The molecule has 1 fully saturated rings. The maximum atomic E-state index is 12.5. The molecule has 1 unspecified atom stereocenters. The number of amides is 1. The second-order valence-corrected chi connectivity index (χ2v) is 6.94. The lowest BCUT2D eigenvalue weighted by molar-refractivity contribution is -0.384. The number of benzene rings is 1. The van der Waals surface area contributed by atoms with Gasteiger partial charge in [-0.3, -0.25) is 15.0 Å². The standard InChI is InChI=1S/C17H25N3O5/c1-17(2,3)25-16(21)19-11-6-5-10-14(19)18-15-12(20(22)23)8-7-9-13(15)24-4/h7-9,14,18H,5-6,10-11H2,1-4H3. The monoisotopic (exact) mass is 351 g/mol. The zero-order valence-corrected chi connectivity index (χ0v) is 15.1. The number of nitro benzene ring substituents is 1. The number of hydrogen-bond donors (Lipinski definition) is 1. The predicted molar refractivity (Wildman–Crippen MR) is 93.9 cm³/mol. The van der Waals surface area contributed by atoms with Crippen LogP contribution in [-0.2, 0) is 4.74 Å². The number of carbonyl (C=O) groups is 1. The molecule has 1 N–H and O–H groups in total. The van der Waals surface area contributed by atoms with Gasteiger partial charge in [0, 0.05) is 12.6 Å². The molecular formula is C17H25N3O5. The van der Waals surface area contributed by atoms with Crippen molar-refractivity contribution in [3.05, 3.63) is 28.3 Å². The number of nitrogens with one attached hydrogen (secondary N) is 1. The zero-order valence-electron chi connectivity index (χ0n) is 15.1. The van der Waals surface area contributed by atoms with Crippen LogP contribution < -0.4 is 10.1 Å². The number of likely N-dealkylation sites (tertiary alicyclic amines) is 1. The summed E-state index contributed by atoms with van der Waals surface area (Å²) in [4.78, 5) is 24.9. The van der Waals surface area contributed by atoms with Crippen LogP contribution in [0, 0.1) is 10.1 Å². The lowest BCUT2D eigenvalue weighted by Crippen LogP contribution is -2.49. The molecule has 1 heterocycles. The molecule has 8 nitrogen and oxygen atoms in total. The van der Waals surface area contributed by atoms with Crippen LogP contribution in [0.3, 0.4) is 0 Å². The van der Waals surface area contributed by atoms with Crippen molar-refractivity contribution in [1.29, 1.82) is 0 Å². The summed E-state index contributed by atoms with van der Waals surface area (Å²) in [6.45, 7) is 5.96. The quantitative estimate of drug-likeness (QED) is 0.655. The third-order valence-electron chi connectivity index (χ3n) is 3.86. The largest absolute Gasteiger partial charge is 0.494 e. The second-order valence-electron chi connectivity index (χ2n) is 6.94. The predicted octanol–water partition coefficient (Wildman–Crippen LogP) is 3.76. The van der Waals surface area contributed by atoms with Gasteiger partial charge in [-0.05, 0) is 46.1 Å². The fourth-order valence-electron chi connectivity index (χ4n) is 2.77. The van der Waals surface area contributed by atoms with Crippen LogP contribution >= 0.6 is 0 Å². The number of nitro groups is 1. The minimum atomic E-state index is -0.602. The average molecular weight is 351 g/mol. The Hall–Kier alpha value is -2.51. The van der Waals surface area contributed by atoms with E-state index in [0.717, 1.165) is 12.8 Å². The molecule has 1 aliphatic rings. The van der Waals surface area contributed by atoms with E-state index in [1.165, 1.54) is 13.2 Å². The first-order valence-electron chi connectivity index (χ1n) is 8.30. The highest BCUT2D eigenvalue weighted by Crippen LogP contribution is 2.36. The molecule has 138 valence electrons. The number of nitrogens with zero attached hydrogens (tertiary/aromatic N) is 2. The Morgan fingerprint density at radius 3 is 2.68 bits per heavy atom. The Morgan fingerprint density at radius 1 is 1.36 bits per heavy atom. The van der Waals surface area contributed by atoms with Gasteiger partial charge in [-0.2, -0.15) is 0 Å². The van der Waals surface area contributed by atoms with E-state index < -0.39 is 22.8 Å². The molecule has 1 aromatic rings. The van der Waals surface area contributed by atoms with Crippen LogP contribution in [0.15, 0.2) is 18.2 Å². The molecule has 0 bridgehead atoms. The number of hydrogen-bond acceptors (Lipinski definition) is 6. The molecule has 1 saturated heterocycles. The SMILES string of the molecule is COc1cccc([N+](=O)[O-])c1NC1CCCCN1C(=O)OC(C)(C)C. The number of anilines is 1. The van der Waals surface area contributed by atoms with E-state index in [9.17, 15) is 14.9 Å². The summed E-state index contributed by atoms with van der Waals surface area (Å²) < 4.78 is 10.7. The molecule has 2 rings (SSSR count). The van der Waals surface area contributed by atoms with E-state index in [1.807, 2.05) is 20.8 Å². The van der Waals surface area contributed by atoms with Crippen molar-refractivity contribution in [3.63, 3.8) is 0 Å². The van der Waals surface area contributed by atoms with Crippen LogP contribution in [0.2, 0.25) is 0 Å².